The fourth-order valence-electron chi connectivity index (χ4n) is 2.54. The van der Waals surface area contributed by atoms with Crippen molar-refractivity contribution in [3.8, 4) is 0 Å². The number of anilines is 2. The Kier molecular flexibility index (Phi) is 5.35. The van der Waals surface area contributed by atoms with Crippen molar-refractivity contribution in [1.82, 2.24) is 0 Å². The van der Waals surface area contributed by atoms with Gasteiger partial charge in [-0.1, -0.05) is 18.9 Å². The standard InChI is InChI=1S/C16H24N2OS/c1-11-7-8-14(17)9-15(11)18-16(19)12(2)20-10-13-5-3-4-6-13/h7-9,12-13H,3-6,10,17H2,1-2H3,(H,18,19). The molecule has 1 aromatic carbocycles. The number of carbonyl (C=O) groups excluding carboxylic acids is 1. The molecule has 20 heavy (non-hydrogen) atoms. The second-order valence-electron chi connectivity index (χ2n) is 5.69. The number of nitrogens with one attached hydrogen (secondary N) is 1. The minimum Gasteiger partial charge on any atom is -0.399 e. The van der Waals surface area contributed by atoms with Crippen molar-refractivity contribution in [3.05, 3.63) is 23.8 Å². The van der Waals surface area contributed by atoms with Crippen LogP contribution in [-0.2, 0) is 4.79 Å². The smallest absolute Gasteiger partial charge is 0.237 e. The highest BCUT2D eigenvalue weighted by atomic mass is 32.2. The third kappa shape index (κ3) is 4.17. The van der Waals surface area contributed by atoms with Crippen LogP contribution in [0.15, 0.2) is 18.2 Å². The molecule has 2 rings (SSSR count). The number of nitrogen functional groups attached to an aromatic ring is 1. The lowest BCUT2D eigenvalue weighted by Crippen LogP contribution is -2.24. The van der Waals surface area contributed by atoms with Gasteiger partial charge in [0.1, 0.15) is 0 Å². The first-order valence-corrected chi connectivity index (χ1v) is 8.39. The van der Waals surface area contributed by atoms with Crippen molar-refractivity contribution in [2.45, 2.75) is 44.8 Å². The van der Waals surface area contributed by atoms with Gasteiger partial charge in [0.15, 0.2) is 0 Å². The largest absolute Gasteiger partial charge is 0.399 e. The Morgan fingerprint density at radius 3 is 2.85 bits per heavy atom. The van der Waals surface area contributed by atoms with E-state index in [-0.39, 0.29) is 11.2 Å². The lowest BCUT2D eigenvalue weighted by Gasteiger charge is -2.16. The van der Waals surface area contributed by atoms with Crippen LogP contribution in [0.2, 0.25) is 0 Å². The summed E-state index contributed by atoms with van der Waals surface area (Å²) >= 11 is 1.77. The average molecular weight is 292 g/mol. The van der Waals surface area contributed by atoms with Crippen molar-refractivity contribution in [1.29, 1.82) is 0 Å². The summed E-state index contributed by atoms with van der Waals surface area (Å²) in [5.74, 6) is 1.98. The molecular weight excluding hydrogens is 268 g/mol. The first kappa shape index (κ1) is 15.2. The highest BCUT2D eigenvalue weighted by Gasteiger charge is 2.19. The Morgan fingerprint density at radius 2 is 2.15 bits per heavy atom. The summed E-state index contributed by atoms with van der Waals surface area (Å²) in [6.07, 6.45) is 5.37. The number of aryl methyl sites for hydroxylation is 1. The molecule has 4 heteroatoms. The SMILES string of the molecule is Cc1ccc(N)cc1NC(=O)C(C)SCC1CCCC1. The molecule has 0 aromatic heterocycles. The maximum atomic E-state index is 12.2. The Hall–Kier alpha value is -1.16. The molecule has 3 N–H and O–H groups in total. The van der Waals surface area contributed by atoms with E-state index in [0.29, 0.717) is 5.69 Å². The molecule has 3 nitrogen and oxygen atoms in total. The molecule has 0 aliphatic heterocycles. The van der Waals surface area contributed by atoms with E-state index in [1.54, 1.807) is 11.8 Å². The van der Waals surface area contributed by atoms with Gasteiger partial charge in [-0.25, -0.2) is 0 Å². The molecule has 0 saturated heterocycles. The fourth-order valence-corrected chi connectivity index (χ4v) is 3.65. The Labute approximate surface area is 125 Å². The molecule has 1 unspecified atom stereocenters. The molecule has 1 saturated carbocycles. The van der Waals surface area contributed by atoms with Crippen molar-refractivity contribution in [3.63, 3.8) is 0 Å². The van der Waals surface area contributed by atoms with E-state index in [2.05, 4.69) is 5.32 Å². The topological polar surface area (TPSA) is 55.1 Å². The first-order valence-electron chi connectivity index (χ1n) is 7.35. The van der Waals surface area contributed by atoms with Crippen molar-refractivity contribution in [2.75, 3.05) is 16.8 Å². The van der Waals surface area contributed by atoms with E-state index in [0.717, 1.165) is 22.9 Å². The van der Waals surface area contributed by atoms with Crippen molar-refractivity contribution in [2.24, 2.45) is 5.92 Å². The third-order valence-electron chi connectivity index (χ3n) is 3.95. The molecule has 1 amide bonds. The molecule has 0 spiro atoms. The summed E-state index contributed by atoms with van der Waals surface area (Å²) in [4.78, 5) is 12.2. The van der Waals surface area contributed by atoms with Gasteiger partial charge in [0.25, 0.3) is 0 Å². The third-order valence-corrected chi connectivity index (χ3v) is 5.32. The number of rotatable bonds is 5. The van der Waals surface area contributed by atoms with Gasteiger partial charge in [0.2, 0.25) is 5.91 Å². The van der Waals surface area contributed by atoms with Crippen LogP contribution in [0.5, 0.6) is 0 Å². The van der Waals surface area contributed by atoms with Gasteiger partial charge in [-0.2, -0.15) is 0 Å². The number of hydrogen-bond acceptors (Lipinski definition) is 3. The van der Waals surface area contributed by atoms with Crippen LogP contribution in [0.4, 0.5) is 11.4 Å². The highest BCUT2D eigenvalue weighted by molar-refractivity contribution is 8.00. The average Bonchev–Trinajstić information content (AvgIpc) is 2.93. The summed E-state index contributed by atoms with van der Waals surface area (Å²) in [6.45, 7) is 3.96. The molecule has 1 aliphatic rings. The van der Waals surface area contributed by atoms with Crippen molar-refractivity contribution >= 4 is 29.0 Å². The highest BCUT2D eigenvalue weighted by Crippen LogP contribution is 2.29. The molecule has 1 atom stereocenters. The Bertz CT molecular complexity index is 470. The lowest BCUT2D eigenvalue weighted by atomic mass is 10.1. The van der Waals surface area contributed by atoms with Crippen LogP contribution < -0.4 is 11.1 Å². The molecule has 0 bridgehead atoms. The molecule has 1 aromatic rings. The zero-order valence-corrected chi connectivity index (χ0v) is 13.1. The van der Waals surface area contributed by atoms with E-state index in [1.165, 1.54) is 25.7 Å². The number of thioether (sulfide) groups is 1. The number of amides is 1. The first-order chi connectivity index (χ1) is 9.56. The van der Waals surface area contributed by atoms with Crippen LogP contribution in [-0.4, -0.2) is 16.9 Å². The molecule has 110 valence electrons. The summed E-state index contributed by atoms with van der Waals surface area (Å²) in [5.41, 5.74) is 8.31. The predicted octanol–water partition coefficient (Wildman–Crippen LogP) is 3.83. The van der Waals surface area contributed by atoms with E-state index in [9.17, 15) is 4.79 Å². The minimum absolute atomic E-state index is 0.0172. The number of nitrogens with two attached hydrogens (primary N) is 1. The summed E-state index contributed by atoms with van der Waals surface area (Å²) in [7, 11) is 0. The van der Waals surface area contributed by atoms with Crippen LogP contribution in [0.1, 0.15) is 38.2 Å². The Morgan fingerprint density at radius 1 is 1.45 bits per heavy atom. The zero-order valence-electron chi connectivity index (χ0n) is 12.3. The summed E-state index contributed by atoms with van der Waals surface area (Å²) < 4.78 is 0. The Balaban J connectivity index is 1.85. The normalized spacial score (nSPS) is 17.1. The van der Waals surface area contributed by atoms with E-state index >= 15 is 0 Å². The van der Waals surface area contributed by atoms with Crippen LogP contribution >= 0.6 is 11.8 Å². The van der Waals surface area contributed by atoms with E-state index in [1.807, 2.05) is 32.0 Å². The van der Waals surface area contributed by atoms with Gasteiger partial charge < -0.3 is 11.1 Å². The predicted molar refractivity (Wildman–Crippen MR) is 88.1 cm³/mol. The monoisotopic (exact) mass is 292 g/mol. The number of benzene rings is 1. The summed E-state index contributed by atoms with van der Waals surface area (Å²) in [5, 5.41) is 2.97. The second kappa shape index (κ2) is 7.02. The molecule has 0 radical (unpaired) electrons. The molecule has 0 heterocycles. The molecule has 1 fully saturated rings. The van der Waals surface area contributed by atoms with Crippen LogP contribution in [0.25, 0.3) is 0 Å². The van der Waals surface area contributed by atoms with Crippen LogP contribution in [0, 0.1) is 12.8 Å². The van der Waals surface area contributed by atoms with Crippen LogP contribution in [0.3, 0.4) is 0 Å². The fraction of sp³-hybridized carbons (Fsp3) is 0.562. The summed E-state index contributed by atoms with van der Waals surface area (Å²) in [6, 6.07) is 5.60. The zero-order chi connectivity index (χ0) is 14.5. The van der Waals surface area contributed by atoms with Gasteiger partial charge in [-0.3, -0.25) is 4.79 Å². The van der Waals surface area contributed by atoms with Gasteiger partial charge in [0.05, 0.1) is 5.25 Å². The second-order valence-corrected chi connectivity index (χ2v) is 7.06. The van der Waals surface area contributed by atoms with Gasteiger partial charge >= 0.3 is 0 Å². The quantitative estimate of drug-likeness (QED) is 0.811. The lowest BCUT2D eigenvalue weighted by molar-refractivity contribution is -0.115. The van der Waals surface area contributed by atoms with E-state index < -0.39 is 0 Å². The van der Waals surface area contributed by atoms with Gasteiger partial charge in [-0.05, 0) is 56.1 Å². The minimum atomic E-state index is -0.0172. The van der Waals surface area contributed by atoms with Gasteiger partial charge in [-0.15, -0.1) is 11.8 Å². The van der Waals surface area contributed by atoms with Gasteiger partial charge in [0, 0.05) is 11.4 Å². The van der Waals surface area contributed by atoms with Crippen molar-refractivity contribution < 1.29 is 4.79 Å². The number of hydrogen-bond donors (Lipinski definition) is 2. The van der Waals surface area contributed by atoms with E-state index in [4.69, 9.17) is 5.73 Å². The number of carbonyl (C=O) groups is 1. The molecular formula is C16H24N2OS. The maximum absolute atomic E-state index is 12.2. The maximum Gasteiger partial charge on any atom is 0.237 e. The molecule has 1 aliphatic carbocycles.